The maximum atomic E-state index is 13.0. The van der Waals surface area contributed by atoms with Crippen molar-refractivity contribution in [3.63, 3.8) is 0 Å². The summed E-state index contributed by atoms with van der Waals surface area (Å²) in [6, 6.07) is 14.6. The number of pyridine rings is 1. The first-order valence-electron chi connectivity index (χ1n) is 5.66. The molecule has 0 N–H and O–H groups in total. The lowest BCUT2D eigenvalue weighted by Gasteiger charge is -2.10. The van der Waals surface area contributed by atoms with Gasteiger partial charge in [0.05, 0.1) is 5.52 Å². The summed E-state index contributed by atoms with van der Waals surface area (Å²) < 4.78 is 15.1. The van der Waals surface area contributed by atoms with E-state index in [2.05, 4.69) is 56.2 Å². The van der Waals surface area contributed by atoms with E-state index in [0.717, 1.165) is 29.3 Å². The first-order chi connectivity index (χ1) is 9.16. The molecule has 0 radical (unpaired) electrons. The number of para-hydroxylation sites is 1. The molecule has 19 heavy (non-hydrogen) atoms. The van der Waals surface area contributed by atoms with Crippen molar-refractivity contribution in [1.29, 1.82) is 0 Å². The van der Waals surface area contributed by atoms with E-state index < -0.39 is 0 Å². The Morgan fingerprint density at radius 1 is 0.895 bits per heavy atom. The molecule has 4 heteroatoms. The summed E-state index contributed by atoms with van der Waals surface area (Å²) in [5.41, 5.74) is 3.05. The van der Waals surface area contributed by atoms with Gasteiger partial charge in [0.25, 0.3) is 0 Å². The topological polar surface area (TPSA) is 12.9 Å². The molecule has 1 nitrogen and oxygen atoms in total. The molecule has 1 heterocycles. The second-order valence-corrected chi connectivity index (χ2v) is 6.22. The van der Waals surface area contributed by atoms with E-state index in [1.54, 1.807) is 12.1 Å². The van der Waals surface area contributed by atoms with Gasteiger partial charge in [-0.25, -0.2) is 9.37 Å². The fourth-order valence-electron chi connectivity index (χ4n) is 2.01. The predicted octanol–water partition coefficient (Wildman–Crippen LogP) is 5.25. The highest BCUT2D eigenvalue weighted by Crippen LogP contribution is 2.33. The third-order valence-corrected chi connectivity index (χ3v) is 4.82. The van der Waals surface area contributed by atoms with Crippen LogP contribution >= 0.6 is 45.2 Å². The van der Waals surface area contributed by atoms with Gasteiger partial charge in [-0.15, -0.1) is 0 Å². The molecule has 1 aromatic heterocycles. The largest absolute Gasteiger partial charge is 0.241 e. The summed E-state index contributed by atoms with van der Waals surface area (Å²) in [7, 11) is 0. The fraction of sp³-hybridized carbons (Fsp3) is 0. The summed E-state index contributed by atoms with van der Waals surface area (Å²) in [6.45, 7) is 0. The van der Waals surface area contributed by atoms with Crippen LogP contribution in [0.25, 0.3) is 22.0 Å². The zero-order valence-corrected chi connectivity index (χ0v) is 14.0. The summed E-state index contributed by atoms with van der Waals surface area (Å²) in [5, 5.41) is 1.13. The Hall–Kier alpha value is -0.760. The second kappa shape index (κ2) is 5.32. The van der Waals surface area contributed by atoms with E-state index >= 15 is 0 Å². The van der Waals surface area contributed by atoms with E-state index in [0.29, 0.717) is 0 Å². The van der Waals surface area contributed by atoms with Gasteiger partial charge in [-0.2, -0.15) is 0 Å². The Labute approximate surface area is 137 Å². The molecule has 0 unspecified atom stereocenters. The number of benzene rings is 2. The van der Waals surface area contributed by atoms with Crippen LogP contribution in [0.3, 0.4) is 0 Å². The van der Waals surface area contributed by atoms with Crippen molar-refractivity contribution in [1.82, 2.24) is 4.98 Å². The molecule has 0 bridgehead atoms. The van der Waals surface area contributed by atoms with E-state index in [1.165, 1.54) is 12.1 Å². The maximum absolute atomic E-state index is 13.0. The number of rotatable bonds is 1. The van der Waals surface area contributed by atoms with Crippen molar-refractivity contribution < 1.29 is 4.39 Å². The maximum Gasteiger partial charge on any atom is 0.123 e. The minimum atomic E-state index is -0.220. The van der Waals surface area contributed by atoms with Crippen LogP contribution in [0.2, 0.25) is 0 Å². The molecule has 0 saturated carbocycles. The Balaban J connectivity index is 2.31. The number of halogens is 3. The van der Waals surface area contributed by atoms with Crippen LogP contribution in [-0.4, -0.2) is 4.98 Å². The van der Waals surface area contributed by atoms with E-state index in [1.807, 2.05) is 18.2 Å². The van der Waals surface area contributed by atoms with Gasteiger partial charge in [-0.1, -0.05) is 30.3 Å². The molecule has 0 aliphatic carbocycles. The van der Waals surface area contributed by atoms with Crippen molar-refractivity contribution in [3.05, 3.63) is 61.6 Å². The van der Waals surface area contributed by atoms with Gasteiger partial charge in [0.1, 0.15) is 9.52 Å². The Morgan fingerprint density at radius 2 is 1.58 bits per heavy atom. The SMILES string of the molecule is Fc1ccc(-c2c(I)nc3ccccc3c2I)cc1. The second-order valence-electron chi connectivity index (χ2n) is 4.12. The molecule has 0 atom stereocenters. The summed E-state index contributed by atoms with van der Waals surface area (Å²) in [5.74, 6) is -0.220. The fourth-order valence-corrected chi connectivity index (χ4v) is 4.39. The summed E-state index contributed by atoms with van der Waals surface area (Å²) >= 11 is 4.57. The third kappa shape index (κ3) is 2.47. The molecular formula is C15H8FI2N. The summed E-state index contributed by atoms with van der Waals surface area (Å²) in [4.78, 5) is 4.62. The predicted molar refractivity (Wildman–Crippen MR) is 92.6 cm³/mol. The van der Waals surface area contributed by atoms with Gasteiger partial charge in [0, 0.05) is 14.5 Å². The van der Waals surface area contributed by atoms with Crippen molar-refractivity contribution >= 4 is 56.1 Å². The van der Waals surface area contributed by atoms with E-state index in [4.69, 9.17) is 0 Å². The van der Waals surface area contributed by atoms with Crippen molar-refractivity contribution in [2.24, 2.45) is 0 Å². The average Bonchev–Trinajstić information content (AvgIpc) is 2.41. The van der Waals surface area contributed by atoms with Crippen molar-refractivity contribution in [2.75, 3.05) is 0 Å². The number of aromatic nitrogens is 1. The van der Waals surface area contributed by atoms with E-state index in [9.17, 15) is 4.39 Å². The number of nitrogens with zero attached hydrogens (tertiary/aromatic N) is 1. The van der Waals surface area contributed by atoms with Gasteiger partial charge in [-0.05, 0) is 68.9 Å². The third-order valence-electron chi connectivity index (χ3n) is 2.92. The Bertz CT molecular complexity index is 754. The number of hydrogen-bond acceptors (Lipinski definition) is 1. The van der Waals surface area contributed by atoms with Gasteiger partial charge in [0.2, 0.25) is 0 Å². The molecule has 3 rings (SSSR count). The van der Waals surface area contributed by atoms with Crippen molar-refractivity contribution in [3.8, 4) is 11.1 Å². The van der Waals surface area contributed by atoms with Gasteiger partial charge >= 0.3 is 0 Å². The molecule has 0 aliphatic heterocycles. The minimum Gasteiger partial charge on any atom is -0.241 e. The monoisotopic (exact) mass is 475 g/mol. The van der Waals surface area contributed by atoms with E-state index in [-0.39, 0.29) is 5.82 Å². The smallest absolute Gasteiger partial charge is 0.123 e. The van der Waals surface area contributed by atoms with Gasteiger partial charge < -0.3 is 0 Å². The van der Waals surface area contributed by atoms with Crippen LogP contribution < -0.4 is 0 Å². The standard InChI is InChI=1S/C15H8FI2N/c16-10-7-5-9(6-8-10)13-14(17)11-3-1-2-4-12(11)19-15(13)18/h1-8H. The van der Waals surface area contributed by atoms with Crippen LogP contribution in [0.4, 0.5) is 4.39 Å². The molecule has 0 aliphatic rings. The molecule has 0 fully saturated rings. The molecule has 3 aromatic rings. The van der Waals surface area contributed by atoms with Crippen LogP contribution in [0.15, 0.2) is 48.5 Å². The van der Waals surface area contributed by atoms with Gasteiger partial charge in [0.15, 0.2) is 0 Å². The number of fused-ring (bicyclic) bond motifs is 1. The highest BCUT2D eigenvalue weighted by molar-refractivity contribution is 14.1. The molecule has 94 valence electrons. The lowest BCUT2D eigenvalue weighted by Crippen LogP contribution is -1.94. The van der Waals surface area contributed by atoms with Crippen LogP contribution in [0.1, 0.15) is 0 Å². The van der Waals surface area contributed by atoms with Crippen LogP contribution in [0.5, 0.6) is 0 Å². The van der Waals surface area contributed by atoms with Gasteiger partial charge in [-0.3, -0.25) is 0 Å². The first-order valence-corrected chi connectivity index (χ1v) is 7.82. The molecule has 2 aromatic carbocycles. The minimum absolute atomic E-state index is 0.220. The Kier molecular flexibility index (Phi) is 3.70. The normalized spacial score (nSPS) is 10.9. The van der Waals surface area contributed by atoms with Crippen LogP contribution in [-0.2, 0) is 0 Å². The lowest BCUT2D eigenvalue weighted by atomic mass is 10.1. The quantitative estimate of drug-likeness (QED) is 0.347. The highest BCUT2D eigenvalue weighted by atomic mass is 127. The van der Waals surface area contributed by atoms with Crippen molar-refractivity contribution in [2.45, 2.75) is 0 Å². The van der Waals surface area contributed by atoms with Crippen LogP contribution in [0, 0.1) is 13.1 Å². The molecule has 0 amide bonds. The average molecular weight is 475 g/mol. The zero-order valence-electron chi connectivity index (χ0n) is 9.70. The zero-order chi connectivity index (χ0) is 13.4. The lowest BCUT2D eigenvalue weighted by molar-refractivity contribution is 0.628. The molecular weight excluding hydrogens is 467 g/mol. The first kappa shape index (κ1) is 13.2. The molecule has 0 saturated heterocycles. The number of hydrogen-bond donors (Lipinski definition) is 0. The summed E-state index contributed by atoms with van der Waals surface area (Å²) in [6.07, 6.45) is 0. The Morgan fingerprint density at radius 3 is 2.32 bits per heavy atom. The highest BCUT2D eigenvalue weighted by Gasteiger charge is 2.13. The molecule has 0 spiro atoms.